The molecule has 2 aromatic rings. The van der Waals surface area contributed by atoms with E-state index in [1.807, 2.05) is 13.2 Å². The summed E-state index contributed by atoms with van der Waals surface area (Å²) in [6.45, 7) is 2.72. The largest absolute Gasteiger partial charge is 0.325 e. The van der Waals surface area contributed by atoms with E-state index in [0.29, 0.717) is 22.9 Å². The van der Waals surface area contributed by atoms with Crippen LogP contribution in [0.5, 0.6) is 0 Å². The number of benzene rings is 1. The fraction of sp³-hybridized carbons (Fsp3) is 0.353. The maximum atomic E-state index is 12.8. The van der Waals surface area contributed by atoms with Gasteiger partial charge in [-0.3, -0.25) is 14.3 Å². The van der Waals surface area contributed by atoms with Gasteiger partial charge in [-0.15, -0.1) is 12.4 Å². The Bertz CT molecular complexity index is 808. The fourth-order valence-electron chi connectivity index (χ4n) is 3.08. The van der Waals surface area contributed by atoms with E-state index in [2.05, 4.69) is 21.0 Å². The van der Waals surface area contributed by atoms with Crippen molar-refractivity contribution in [1.29, 1.82) is 0 Å². The molecule has 1 aromatic carbocycles. The van der Waals surface area contributed by atoms with E-state index in [0.717, 1.165) is 12.1 Å². The molecule has 0 unspecified atom stereocenters. The lowest BCUT2D eigenvalue weighted by Gasteiger charge is -2.18. The molecule has 0 aliphatic carbocycles. The van der Waals surface area contributed by atoms with E-state index in [9.17, 15) is 9.59 Å². The molecule has 1 fully saturated rings. The standard InChI is InChI=1S/C17H20ClN5O2.ClH/c1-10(24)21-15-4-3-12(18)5-16(15)22-17(25)14-8-19-7-13(14)11-6-20-23(2)9-11;/h3-6,9,13-14,19H,7-8H2,1-2H3,(H,21,24)(H,22,25);1H/t13-,14+;/m1./s1. The molecule has 7 nitrogen and oxygen atoms in total. The summed E-state index contributed by atoms with van der Waals surface area (Å²) in [6.07, 6.45) is 3.72. The highest BCUT2D eigenvalue weighted by Crippen LogP contribution is 2.31. The number of hydrogen-bond acceptors (Lipinski definition) is 4. The number of nitrogens with zero attached hydrogens (tertiary/aromatic N) is 2. The number of aryl methyl sites for hydroxylation is 1. The van der Waals surface area contributed by atoms with Crippen molar-refractivity contribution < 1.29 is 9.59 Å². The Hall–Kier alpha value is -2.09. The molecular weight excluding hydrogens is 377 g/mol. The maximum absolute atomic E-state index is 12.8. The molecule has 9 heteroatoms. The summed E-state index contributed by atoms with van der Waals surface area (Å²) in [7, 11) is 1.85. The van der Waals surface area contributed by atoms with Crippen molar-refractivity contribution >= 4 is 47.2 Å². The Morgan fingerprint density at radius 3 is 2.69 bits per heavy atom. The van der Waals surface area contributed by atoms with Gasteiger partial charge in [0, 0.05) is 44.2 Å². The van der Waals surface area contributed by atoms with E-state index in [1.165, 1.54) is 6.92 Å². The van der Waals surface area contributed by atoms with Crippen LogP contribution in [-0.4, -0.2) is 34.7 Å². The summed E-state index contributed by atoms with van der Waals surface area (Å²) in [5, 5.41) is 13.5. The first-order chi connectivity index (χ1) is 11.9. The molecule has 2 atom stereocenters. The van der Waals surface area contributed by atoms with Crippen LogP contribution in [0.25, 0.3) is 0 Å². The zero-order chi connectivity index (χ0) is 18.0. The van der Waals surface area contributed by atoms with Crippen LogP contribution in [0.3, 0.4) is 0 Å². The van der Waals surface area contributed by atoms with Gasteiger partial charge in [-0.05, 0) is 23.8 Å². The van der Waals surface area contributed by atoms with Crippen molar-refractivity contribution in [3.63, 3.8) is 0 Å². The molecule has 1 aliphatic heterocycles. The molecular formula is C17H21Cl2N5O2. The lowest BCUT2D eigenvalue weighted by Crippen LogP contribution is -2.28. The predicted octanol–water partition coefficient (Wildman–Crippen LogP) is 2.40. The van der Waals surface area contributed by atoms with Crippen LogP contribution in [0.15, 0.2) is 30.6 Å². The van der Waals surface area contributed by atoms with Crippen LogP contribution in [0, 0.1) is 5.92 Å². The third-order valence-electron chi connectivity index (χ3n) is 4.25. The lowest BCUT2D eigenvalue weighted by molar-refractivity contribution is -0.119. The van der Waals surface area contributed by atoms with Gasteiger partial charge in [0.1, 0.15) is 0 Å². The Morgan fingerprint density at radius 1 is 1.27 bits per heavy atom. The number of carbonyl (C=O) groups excluding carboxylic acids is 2. The van der Waals surface area contributed by atoms with Crippen LogP contribution in [0.1, 0.15) is 18.4 Å². The zero-order valence-corrected chi connectivity index (χ0v) is 16.0. The van der Waals surface area contributed by atoms with Gasteiger partial charge in [-0.2, -0.15) is 5.10 Å². The second-order valence-corrected chi connectivity index (χ2v) is 6.62. The van der Waals surface area contributed by atoms with E-state index in [4.69, 9.17) is 11.6 Å². The normalized spacial score (nSPS) is 18.9. The third-order valence-corrected chi connectivity index (χ3v) is 4.49. The number of nitrogens with one attached hydrogen (secondary N) is 3. The number of anilines is 2. The molecule has 1 saturated heterocycles. The number of amides is 2. The minimum Gasteiger partial charge on any atom is -0.325 e. The fourth-order valence-corrected chi connectivity index (χ4v) is 3.25. The average molecular weight is 398 g/mol. The highest BCUT2D eigenvalue weighted by molar-refractivity contribution is 6.31. The van der Waals surface area contributed by atoms with Gasteiger partial charge in [0.25, 0.3) is 0 Å². The molecule has 0 bridgehead atoms. The highest BCUT2D eigenvalue weighted by Gasteiger charge is 2.35. The first-order valence-corrected chi connectivity index (χ1v) is 8.39. The first-order valence-electron chi connectivity index (χ1n) is 8.01. The van der Waals surface area contributed by atoms with Crippen molar-refractivity contribution in [2.75, 3.05) is 23.7 Å². The summed E-state index contributed by atoms with van der Waals surface area (Å²) < 4.78 is 1.73. The van der Waals surface area contributed by atoms with Crippen LogP contribution in [0.2, 0.25) is 5.02 Å². The number of aromatic nitrogens is 2. The lowest BCUT2D eigenvalue weighted by atomic mass is 9.90. The second kappa shape index (κ2) is 8.53. The molecule has 2 amide bonds. The molecule has 2 heterocycles. The topological polar surface area (TPSA) is 88.1 Å². The number of rotatable bonds is 4. The Balaban J connectivity index is 0.00000243. The Morgan fingerprint density at radius 2 is 2.04 bits per heavy atom. The van der Waals surface area contributed by atoms with Crippen molar-refractivity contribution in [2.24, 2.45) is 13.0 Å². The van der Waals surface area contributed by atoms with Crippen molar-refractivity contribution in [1.82, 2.24) is 15.1 Å². The highest BCUT2D eigenvalue weighted by atomic mass is 35.5. The van der Waals surface area contributed by atoms with Gasteiger partial charge < -0.3 is 16.0 Å². The minimum atomic E-state index is -0.228. The molecule has 3 rings (SSSR count). The summed E-state index contributed by atoms with van der Waals surface area (Å²) in [6, 6.07) is 4.97. The maximum Gasteiger partial charge on any atom is 0.229 e. The van der Waals surface area contributed by atoms with E-state index >= 15 is 0 Å². The molecule has 3 N–H and O–H groups in total. The molecule has 1 aromatic heterocycles. The Kier molecular flexibility index (Phi) is 6.63. The van der Waals surface area contributed by atoms with Gasteiger partial charge in [-0.25, -0.2) is 0 Å². The predicted molar refractivity (Wildman–Crippen MR) is 104 cm³/mol. The summed E-state index contributed by atoms with van der Waals surface area (Å²) in [5.74, 6) is -0.508. The van der Waals surface area contributed by atoms with Crippen LogP contribution in [0.4, 0.5) is 11.4 Å². The molecule has 0 spiro atoms. The summed E-state index contributed by atoms with van der Waals surface area (Å²) >= 11 is 6.04. The van der Waals surface area contributed by atoms with Crippen LogP contribution >= 0.6 is 24.0 Å². The van der Waals surface area contributed by atoms with E-state index < -0.39 is 0 Å². The molecule has 140 valence electrons. The monoisotopic (exact) mass is 397 g/mol. The summed E-state index contributed by atoms with van der Waals surface area (Å²) in [4.78, 5) is 24.2. The third kappa shape index (κ3) is 4.55. The molecule has 26 heavy (non-hydrogen) atoms. The van der Waals surface area contributed by atoms with Gasteiger partial charge in [0.05, 0.1) is 23.5 Å². The van der Waals surface area contributed by atoms with Crippen LogP contribution in [-0.2, 0) is 16.6 Å². The van der Waals surface area contributed by atoms with E-state index in [1.54, 1.807) is 29.1 Å². The molecule has 0 radical (unpaired) electrons. The molecule has 1 aliphatic rings. The van der Waals surface area contributed by atoms with Gasteiger partial charge in [-0.1, -0.05) is 11.6 Å². The van der Waals surface area contributed by atoms with E-state index in [-0.39, 0.29) is 36.1 Å². The SMILES string of the molecule is CC(=O)Nc1ccc(Cl)cc1NC(=O)[C@H]1CNC[C@@H]1c1cnn(C)c1.Cl. The van der Waals surface area contributed by atoms with Crippen molar-refractivity contribution in [3.8, 4) is 0 Å². The summed E-state index contributed by atoms with van der Waals surface area (Å²) in [5.41, 5.74) is 2.04. The van der Waals surface area contributed by atoms with Crippen LogP contribution < -0.4 is 16.0 Å². The second-order valence-electron chi connectivity index (χ2n) is 6.18. The number of hydrogen-bond donors (Lipinski definition) is 3. The smallest absolute Gasteiger partial charge is 0.229 e. The number of halogens is 2. The number of carbonyl (C=O) groups is 2. The first kappa shape index (κ1) is 20.2. The molecule has 0 saturated carbocycles. The van der Waals surface area contributed by atoms with Crippen molar-refractivity contribution in [3.05, 3.63) is 41.2 Å². The van der Waals surface area contributed by atoms with Gasteiger partial charge in [0.2, 0.25) is 11.8 Å². The average Bonchev–Trinajstić information content (AvgIpc) is 3.18. The van der Waals surface area contributed by atoms with Crippen molar-refractivity contribution in [2.45, 2.75) is 12.8 Å². The van der Waals surface area contributed by atoms with Gasteiger partial charge >= 0.3 is 0 Å². The Labute approximate surface area is 162 Å². The van der Waals surface area contributed by atoms with Gasteiger partial charge in [0.15, 0.2) is 0 Å². The quantitative estimate of drug-likeness (QED) is 0.738. The minimum absolute atomic E-state index is 0. The zero-order valence-electron chi connectivity index (χ0n) is 14.5.